The summed E-state index contributed by atoms with van der Waals surface area (Å²) in [6.45, 7) is 1.16. The van der Waals surface area contributed by atoms with Crippen molar-refractivity contribution in [1.29, 1.82) is 0 Å². The van der Waals surface area contributed by atoms with Crippen LogP contribution in [0.2, 0.25) is 0 Å². The van der Waals surface area contributed by atoms with Gasteiger partial charge in [0.25, 0.3) is 0 Å². The van der Waals surface area contributed by atoms with Gasteiger partial charge in [0, 0.05) is 19.3 Å². The van der Waals surface area contributed by atoms with Crippen molar-refractivity contribution in [3.63, 3.8) is 0 Å². The Labute approximate surface area is 213 Å². The summed E-state index contributed by atoms with van der Waals surface area (Å²) in [5, 5.41) is 25.9. The number of aliphatic carboxylic acids is 1. The van der Waals surface area contributed by atoms with Crippen molar-refractivity contribution in [3.05, 3.63) is 35.9 Å². The first-order chi connectivity index (χ1) is 17.3. The highest BCUT2D eigenvalue weighted by Gasteiger charge is 2.32. The van der Waals surface area contributed by atoms with Crippen LogP contribution in [-0.4, -0.2) is 76.0 Å². The van der Waals surface area contributed by atoms with Crippen LogP contribution in [0.3, 0.4) is 0 Å². The Morgan fingerprint density at radius 1 is 0.811 bits per heavy atom. The van der Waals surface area contributed by atoms with E-state index < -0.39 is 65.8 Å². The number of nitrogens with one attached hydrogen (secondary N) is 3. The topological polar surface area (TPSA) is 257 Å². The molecule has 1 aromatic carbocycles. The van der Waals surface area contributed by atoms with Crippen LogP contribution in [0.1, 0.15) is 38.2 Å². The number of nitrogens with two attached hydrogens (primary N) is 3. The summed E-state index contributed by atoms with van der Waals surface area (Å²) in [5.74, 6) is -5.48. The van der Waals surface area contributed by atoms with E-state index in [1.807, 2.05) is 0 Å². The van der Waals surface area contributed by atoms with Crippen molar-refractivity contribution < 1.29 is 39.0 Å². The van der Waals surface area contributed by atoms with Crippen LogP contribution in [0, 0.1) is 0 Å². The number of benzene rings is 1. The molecule has 5 amide bonds. The molecular weight excluding hydrogens is 488 g/mol. The SMILES string of the molecule is CC(O)C(NC(=O)C(CCC(N)=O)NC(=O)C(Cc1ccccc1)NC(=O)C(N)CCC(N)=O)C(=O)O. The Kier molecular flexibility index (Phi) is 12.7. The first-order valence-corrected chi connectivity index (χ1v) is 11.5. The molecule has 0 aliphatic rings. The van der Waals surface area contributed by atoms with E-state index in [-0.39, 0.29) is 32.1 Å². The Bertz CT molecular complexity index is 971. The predicted octanol–water partition coefficient (Wildman–Crippen LogP) is -2.99. The van der Waals surface area contributed by atoms with Gasteiger partial charge in [-0.1, -0.05) is 30.3 Å². The lowest BCUT2D eigenvalue weighted by Gasteiger charge is -2.25. The van der Waals surface area contributed by atoms with Gasteiger partial charge in [0.05, 0.1) is 12.1 Å². The minimum atomic E-state index is -1.68. The summed E-state index contributed by atoms with van der Waals surface area (Å²) in [6, 6.07) is 3.13. The number of carbonyl (C=O) groups is 6. The Balaban J connectivity index is 3.12. The molecule has 0 aromatic heterocycles. The molecule has 0 bridgehead atoms. The molecule has 1 rings (SSSR count). The third-order valence-corrected chi connectivity index (χ3v) is 5.31. The molecule has 0 aliphatic heterocycles. The third-order valence-electron chi connectivity index (χ3n) is 5.31. The summed E-state index contributed by atoms with van der Waals surface area (Å²) in [7, 11) is 0. The second-order valence-electron chi connectivity index (χ2n) is 8.49. The van der Waals surface area contributed by atoms with Gasteiger partial charge in [-0.05, 0) is 25.3 Å². The van der Waals surface area contributed by atoms with E-state index >= 15 is 0 Å². The first-order valence-electron chi connectivity index (χ1n) is 11.5. The normalized spacial score (nSPS) is 14.8. The molecule has 0 fully saturated rings. The smallest absolute Gasteiger partial charge is 0.328 e. The number of hydrogen-bond donors (Lipinski definition) is 8. The van der Waals surface area contributed by atoms with E-state index in [1.165, 1.54) is 0 Å². The number of aliphatic hydroxyl groups is 1. The third kappa shape index (κ3) is 11.5. The monoisotopic (exact) mass is 522 g/mol. The van der Waals surface area contributed by atoms with E-state index in [2.05, 4.69) is 16.0 Å². The number of carboxylic acids is 1. The van der Waals surface area contributed by atoms with Crippen LogP contribution in [0.15, 0.2) is 30.3 Å². The molecular formula is C23H34N6O8. The molecule has 0 spiro atoms. The van der Waals surface area contributed by atoms with Gasteiger partial charge in [0.1, 0.15) is 12.1 Å². The molecule has 204 valence electrons. The maximum Gasteiger partial charge on any atom is 0.328 e. The maximum atomic E-state index is 13.2. The average Bonchev–Trinajstić information content (AvgIpc) is 2.82. The minimum absolute atomic E-state index is 0.00344. The molecule has 11 N–H and O–H groups in total. The lowest BCUT2D eigenvalue weighted by Crippen LogP contribution is -2.58. The van der Waals surface area contributed by atoms with Gasteiger partial charge in [0.2, 0.25) is 29.5 Å². The van der Waals surface area contributed by atoms with Crippen LogP contribution in [0.25, 0.3) is 0 Å². The number of primary amides is 2. The summed E-state index contributed by atoms with van der Waals surface area (Å²) in [6.07, 6.45) is -2.26. The van der Waals surface area contributed by atoms with Crippen molar-refractivity contribution in [2.45, 2.75) is 69.3 Å². The predicted molar refractivity (Wildman–Crippen MR) is 130 cm³/mol. The highest BCUT2D eigenvalue weighted by Crippen LogP contribution is 2.07. The molecule has 14 nitrogen and oxygen atoms in total. The van der Waals surface area contributed by atoms with Gasteiger partial charge in [-0.15, -0.1) is 0 Å². The number of hydrogen-bond acceptors (Lipinski definition) is 8. The molecule has 14 heteroatoms. The zero-order valence-corrected chi connectivity index (χ0v) is 20.4. The minimum Gasteiger partial charge on any atom is -0.480 e. The quantitative estimate of drug-likeness (QED) is 0.110. The van der Waals surface area contributed by atoms with Gasteiger partial charge in [-0.2, -0.15) is 0 Å². The standard InChI is InChI=1S/C23H34N6O8/c1-12(30)19(23(36)37)29-21(34)15(8-10-18(26)32)27-22(35)16(11-13-5-3-2-4-6-13)28-20(33)14(24)7-9-17(25)31/h2-6,12,14-16,19,30H,7-11,24H2,1H3,(H2,25,31)(H2,26,32)(H,27,35)(H,28,33)(H,29,34)(H,36,37). The van der Waals surface area contributed by atoms with Crippen LogP contribution in [0.4, 0.5) is 0 Å². The fraction of sp³-hybridized carbons (Fsp3) is 0.478. The molecule has 37 heavy (non-hydrogen) atoms. The Hall–Kier alpha value is -4.04. The van der Waals surface area contributed by atoms with Gasteiger partial charge in [-0.3, -0.25) is 24.0 Å². The van der Waals surface area contributed by atoms with Crippen LogP contribution in [0.5, 0.6) is 0 Å². The van der Waals surface area contributed by atoms with Crippen molar-refractivity contribution >= 4 is 35.5 Å². The molecule has 0 saturated heterocycles. The zero-order chi connectivity index (χ0) is 28.1. The van der Waals surface area contributed by atoms with E-state index in [0.717, 1.165) is 6.92 Å². The van der Waals surface area contributed by atoms with E-state index in [1.54, 1.807) is 30.3 Å². The second kappa shape index (κ2) is 15.2. The summed E-state index contributed by atoms with van der Waals surface area (Å²) in [4.78, 5) is 72.2. The van der Waals surface area contributed by atoms with Crippen molar-refractivity contribution in [2.24, 2.45) is 17.2 Å². The number of carboxylic acid groups (broad SMARTS) is 1. The second-order valence-corrected chi connectivity index (χ2v) is 8.49. The van der Waals surface area contributed by atoms with Crippen LogP contribution >= 0.6 is 0 Å². The molecule has 5 unspecified atom stereocenters. The highest BCUT2D eigenvalue weighted by atomic mass is 16.4. The molecule has 1 aromatic rings. The van der Waals surface area contributed by atoms with Gasteiger partial charge < -0.3 is 43.4 Å². The maximum absolute atomic E-state index is 13.2. The lowest BCUT2D eigenvalue weighted by molar-refractivity contribution is -0.145. The number of aliphatic hydroxyl groups excluding tert-OH is 1. The lowest BCUT2D eigenvalue weighted by atomic mass is 10.0. The summed E-state index contributed by atoms with van der Waals surface area (Å²) >= 11 is 0. The number of rotatable bonds is 16. The molecule has 0 radical (unpaired) electrons. The van der Waals surface area contributed by atoms with Gasteiger partial charge in [0.15, 0.2) is 6.04 Å². The van der Waals surface area contributed by atoms with Gasteiger partial charge in [-0.25, -0.2) is 4.79 Å². The van der Waals surface area contributed by atoms with E-state index in [0.29, 0.717) is 5.56 Å². The number of amides is 5. The fourth-order valence-corrected chi connectivity index (χ4v) is 3.24. The Morgan fingerprint density at radius 2 is 1.32 bits per heavy atom. The van der Waals surface area contributed by atoms with Crippen molar-refractivity contribution in [2.75, 3.05) is 0 Å². The summed E-state index contributed by atoms with van der Waals surface area (Å²) in [5.41, 5.74) is 16.7. The molecule has 0 saturated carbocycles. The molecule has 0 aliphatic carbocycles. The first kappa shape index (κ1) is 31.0. The summed E-state index contributed by atoms with van der Waals surface area (Å²) < 4.78 is 0. The van der Waals surface area contributed by atoms with E-state index in [9.17, 15) is 39.0 Å². The van der Waals surface area contributed by atoms with E-state index in [4.69, 9.17) is 17.2 Å². The van der Waals surface area contributed by atoms with Gasteiger partial charge >= 0.3 is 5.97 Å². The van der Waals surface area contributed by atoms with Crippen molar-refractivity contribution in [1.82, 2.24) is 16.0 Å². The molecule has 5 atom stereocenters. The molecule has 0 heterocycles. The number of carbonyl (C=O) groups excluding carboxylic acids is 5. The fourth-order valence-electron chi connectivity index (χ4n) is 3.24. The highest BCUT2D eigenvalue weighted by molar-refractivity contribution is 5.94. The largest absolute Gasteiger partial charge is 0.480 e. The average molecular weight is 523 g/mol. The van der Waals surface area contributed by atoms with Crippen LogP contribution < -0.4 is 33.2 Å². The Morgan fingerprint density at radius 3 is 1.84 bits per heavy atom. The van der Waals surface area contributed by atoms with Crippen molar-refractivity contribution in [3.8, 4) is 0 Å². The van der Waals surface area contributed by atoms with Crippen LogP contribution in [-0.2, 0) is 35.2 Å². The zero-order valence-electron chi connectivity index (χ0n) is 20.4.